The molecule has 0 aliphatic carbocycles. The monoisotopic (exact) mass is 234 g/mol. The van der Waals surface area contributed by atoms with E-state index < -0.39 is 0 Å². The van der Waals surface area contributed by atoms with E-state index in [0.717, 1.165) is 0 Å². The Bertz CT molecular complexity index is 330. The second-order valence-electron chi connectivity index (χ2n) is 3.14. The number of halogens is 2. The van der Waals surface area contributed by atoms with E-state index in [-0.39, 0.29) is 17.7 Å². The van der Waals surface area contributed by atoms with Crippen molar-refractivity contribution in [2.24, 2.45) is 0 Å². The van der Waals surface area contributed by atoms with Crippen LogP contribution in [-0.2, 0) is 0 Å². The molecule has 1 aromatic carbocycles. The molecule has 0 amide bonds. The van der Waals surface area contributed by atoms with Gasteiger partial charge in [-0.3, -0.25) is 0 Å². The van der Waals surface area contributed by atoms with Crippen LogP contribution in [0.15, 0.2) is 17.0 Å². The summed E-state index contributed by atoms with van der Waals surface area (Å²) < 4.78 is 13.2. The molecule has 0 spiro atoms. The molecule has 0 aliphatic rings. The number of benzene rings is 1. The molecule has 1 N–H and O–H groups in total. The van der Waals surface area contributed by atoms with Crippen molar-refractivity contribution in [1.29, 1.82) is 0 Å². The van der Waals surface area contributed by atoms with Gasteiger partial charge in [0.2, 0.25) is 0 Å². The van der Waals surface area contributed by atoms with Crippen LogP contribution in [0.5, 0.6) is 0 Å². The lowest BCUT2D eigenvalue weighted by Crippen LogP contribution is -2.01. The zero-order valence-electron chi connectivity index (χ0n) is 8.05. The second kappa shape index (κ2) is 5.01. The van der Waals surface area contributed by atoms with Crippen molar-refractivity contribution in [3.05, 3.63) is 28.5 Å². The third-order valence-electron chi connectivity index (χ3n) is 1.80. The minimum absolute atomic E-state index is 0.0228. The average molecular weight is 235 g/mol. The molecular formula is C10H12ClFOS. The molecule has 0 fully saturated rings. The van der Waals surface area contributed by atoms with E-state index in [4.69, 9.17) is 16.7 Å². The number of aliphatic hydroxyl groups excluding tert-OH is 1. The fourth-order valence-corrected chi connectivity index (χ4v) is 2.18. The van der Waals surface area contributed by atoms with Gasteiger partial charge in [0.25, 0.3) is 0 Å². The molecule has 1 nitrogen and oxygen atoms in total. The zero-order valence-corrected chi connectivity index (χ0v) is 9.62. The summed E-state index contributed by atoms with van der Waals surface area (Å²) in [7, 11) is 0. The van der Waals surface area contributed by atoms with Gasteiger partial charge in [-0.15, -0.1) is 11.8 Å². The van der Waals surface area contributed by atoms with Crippen LogP contribution in [0.2, 0.25) is 5.02 Å². The highest BCUT2D eigenvalue weighted by molar-refractivity contribution is 8.00. The number of aryl methyl sites for hydroxylation is 1. The van der Waals surface area contributed by atoms with Crippen molar-refractivity contribution < 1.29 is 9.50 Å². The molecule has 0 saturated carbocycles. The number of hydrogen-bond donors (Lipinski definition) is 1. The number of aliphatic hydroxyl groups is 1. The van der Waals surface area contributed by atoms with Gasteiger partial charge < -0.3 is 5.11 Å². The Morgan fingerprint density at radius 1 is 1.57 bits per heavy atom. The first-order valence-corrected chi connectivity index (χ1v) is 5.53. The van der Waals surface area contributed by atoms with Crippen molar-refractivity contribution in [3.63, 3.8) is 0 Å². The van der Waals surface area contributed by atoms with Crippen LogP contribution in [0.4, 0.5) is 4.39 Å². The minimum atomic E-state index is -0.262. The van der Waals surface area contributed by atoms with Crippen LogP contribution in [0.1, 0.15) is 12.5 Å². The first-order valence-electron chi connectivity index (χ1n) is 4.27. The summed E-state index contributed by atoms with van der Waals surface area (Å²) in [4.78, 5) is 0.677. The Hall–Kier alpha value is -0.250. The summed E-state index contributed by atoms with van der Waals surface area (Å²) in [6.45, 7) is 3.58. The summed E-state index contributed by atoms with van der Waals surface area (Å²) in [5, 5.41) is 9.41. The van der Waals surface area contributed by atoms with Crippen molar-refractivity contribution in [3.8, 4) is 0 Å². The lowest BCUT2D eigenvalue weighted by molar-refractivity contribution is 0.300. The van der Waals surface area contributed by atoms with E-state index in [9.17, 15) is 4.39 Å². The molecule has 4 heteroatoms. The highest BCUT2D eigenvalue weighted by Gasteiger charge is 2.09. The molecule has 0 heterocycles. The molecule has 1 aromatic rings. The molecule has 0 bridgehead atoms. The third kappa shape index (κ3) is 2.87. The van der Waals surface area contributed by atoms with Crippen LogP contribution < -0.4 is 0 Å². The van der Waals surface area contributed by atoms with E-state index >= 15 is 0 Å². The Kier molecular flexibility index (Phi) is 4.23. The van der Waals surface area contributed by atoms with Gasteiger partial charge >= 0.3 is 0 Å². The fourth-order valence-electron chi connectivity index (χ4n) is 0.972. The van der Waals surface area contributed by atoms with Crippen LogP contribution in [0.3, 0.4) is 0 Å². The summed E-state index contributed by atoms with van der Waals surface area (Å²) >= 11 is 7.30. The van der Waals surface area contributed by atoms with E-state index in [0.29, 0.717) is 15.5 Å². The Labute approximate surface area is 92.3 Å². The van der Waals surface area contributed by atoms with E-state index in [1.165, 1.54) is 17.8 Å². The van der Waals surface area contributed by atoms with Gasteiger partial charge in [0.05, 0.1) is 11.6 Å². The van der Waals surface area contributed by atoms with Crippen molar-refractivity contribution in [2.45, 2.75) is 24.0 Å². The number of rotatable bonds is 3. The number of thioether (sulfide) groups is 1. The van der Waals surface area contributed by atoms with E-state index in [2.05, 4.69) is 0 Å². The maximum atomic E-state index is 13.2. The van der Waals surface area contributed by atoms with Crippen molar-refractivity contribution >= 4 is 23.4 Å². The quantitative estimate of drug-likeness (QED) is 0.811. The summed E-state index contributed by atoms with van der Waals surface area (Å²) in [6, 6.07) is 3.01. The van der Waals surface area contributed by atoms with E-state index in [1.807, 2.05) is 6.92 Å². The zero-order chi connectivity index (χ0) is 10.7. The van der Waals surface area contributed by atoms with Crippen LogP contribution in [0.25, 0.3) is 0 Å². The Balaban J connectivity index is 2.92. The Morgan fingerprint density at radius 3 is 2.79 bits per heavy atom. The molecule has 0 aliphatic heterocycles. The molecule has 78 valence electrons. The van der Waals surface area contributed by atoms with Crippen molar-refractivity contribution in [1.82, 2.24) is 0 Å². The van der Waals surface area contributed by atoms with Crippen molar-refractivity contribution in [2.75, 3.05) is 6.61 Å². The van der Waals surface area contributed by atoms with Crippen LogP contribution in [-0.4, -0.2) is 17.0 Å². The molecule has 1 atom stereocenters. The lowest BCUT2D eigenvalue weighted by Gasteiger charge is -2.10. The standard InChI is InChI=1S/C10H12ClFOS/c1-6-3-8(11)10(4-9(6)12)14-7(2)5-13/h3-4,7,13H,5H2,1-2H3. The van der Waals surface area contributed by atoms with Gasteiger partial charge in [-0.2, -0.15) is 0 Å². The largest absolute Gasteiger partial charge is 0.395 e. The molecule has 0 saturated heterocycles. The van der Waals surface area contributed by atoms with Gasteiger partial charge in [0.1, 0.15) is 5.82 Å². The topological polar surface area (TPSA) is 20.2 Å². The highest BCUT2D eigenvalue weighted by Crippen LogP contribution is 2.32. The minimum Gasteiger partial charge on any atom is -0.395 e. The predicted molar refractivity (Wildman–Crippen MR) is 58.6 cm³/mol. The highest BCUT2D eigenvalue weighted by atomic mass is 35.5. The smallest absolute Gasteiger partial charge is 0.127 e. The van der Waals surface area contributed by atoms with Crippen LogP contribution >= 0.6 is 23.4 Å². The van der Waals surface area contributed by atoms with Gasteiger partial charge in [0, 0.05) is 10.1 Å². The molecule has 1 unspecified atom stereocenters. The first kappa shape index (κ1) is 11.8. The van der Waals surface area contributed by atoms with Gasteiger partial charge in [-0.1, -0.05) is 18.5 Å². The average Bonchev–Trinajstić information content (AvgIpc) is 2.14. The molecule has 1 rings (SSSR count). The summed E-state index contributed by atoms with van der Waals surface area (Å²) in [6.07, 6.45) is 0. The fraction of sp³-hybridized carbons (Fsp3) is 0.400. The van der Waals surface area contributed by atoms with Gasteiger partial charge in [-0.05, 0) is 24.6 Å². The third-order valence-corrected chi connectivity index (χ3v) is 3.37. The SMILES string of the molecule is Cc1cc(Cl)c(SC(C)CO)cc1F. The predicted octanol–water partition coefficient (Wildman–Crippen LogP) is 3.26. The maximum Gasteiger partial charge on any atom is 0.127 e. The summed E-state index contributed by atoms with van der Waals surface area (Å²) in [5.74, 6) is -0.262. The molecule has 0 radical (unpaired) electrons. The second-order valence-corrected chi connectivity index (χ2v) is 5.03. The first-order chi connectivity index (χ1) is 6.54. The van der Waals surface area contributed by atoms with Crippen LogP contribution in [0, 0.1) is 12.7 Å². The maximum absolute atomic E-state index is 13.2. The normalized spacial score (nSPS) is 12.9. The lowest BCUT2D eigenvalue weighted by atomic mass is 10.2. The summed E-state index contributed by atoms with van der Waals surface area (Å²) in [5.41, 5.74) is 0.538. The number of hydrogen-bond acceptors (Lipinski definition) is 2. The molecule has 0 aromatic heterocycles. The molecular weight excluding hydrogens is 223 g/mol. The van der Waals surface area contributed by atoms with Gasteiger partial charge in [-0.25, -0.2) is 4.39 Å². The Morgan fingerprint density at radius 2 is 2.21 bits per heavy atom. The van der Waals surface area contributed by atoms with Gasteiger partial charge in [0.15, 0.2) is 0 Å². The van der Waals surface area contributed by atoms with E-state index in [1.54, 1.807) is 13.0 Å². The molecule has 14 heavy (non-hydrogen) atoms.